The van der Waals surface area contributed by atoms with Gasteiger partial charge in [0, 0.05) is 50.8 Å². The monoisotopic (exact) mass is 313 g/mol. The van der Waals surface area contributed by atoms with Gasteiger partial charge in [-0.25, -0.2) is 4.79 Å². The van der Waals surface area contributed by atoms with Crippen LogP contribution in [-0.2, 0) is 6.54 Å². The Bertz CT molecular complexity index is 599. The van der Waals surface area contributed by atoms with Crippen molar-refractivity contribution in [2.75, 3.05) is 37.6 Å². The Kier molecular flexibility index (Phi) is 5.13. The standard InChI is InChI=1S/C17H23N5O/c23-17(18-9-13-22-12-4-8-19-22)21-11-5-10-20(14-15-21)16-6-2-1-3-7-16/h1-4,6-8,12H,5,9-11,13-15H2,(H,18,23). The van der Waals surface area contributed by atoms with E-state index < -0.39 is 0 Å². The number of carbonyl (C=O) groups is 1. The Morgan fingerprint density at radius 2 is 1.96 bits per heavy atom. The predicted octanol–water partition coefficient (Wildman–Crippen LogP) is 1.80. The van der Waals surface area contributed by atoms with Gasteiger partial charge >= 0.3 is 6.03 Å². The molecule has 3 rings (SSSR count). The fourth-order valence-corrected chi connectivity index (χ4v) is 2.84. The van der Waals surface area contributed by atoms with Crippen molar-refractivity contribution < 1.29 is 4.79 Å². The highest BCUT2D eigenvalue weighted by atomic mass is 16.2. The van der Waals surface area contributed by atoms with Crippen molar-refractivity contribution in [3.05, 3.63) is 48.8 Å². The number of nitrogens with zero attached hydrogens (tertiary/aromatic N) is 4. The molecule has 2 amide bonds. The summed E-state index contributed by atoms with van der Waals surface area (Å²) in [6, 6.07) is 12.3. The summed E-state index contributed by atoms with van der Waals surface area (Å²) in [7, 11) is 0. The molecule has 2 aromatic rings. The zero-order valence-electron chi connectivity index (χ0n) is 13.3. The van der Waals surface area contributed by atoms with Crippen LogP contribution in [0.5, 0.6) is 0 Å². The van der Waals surface area contributed by atoms with E-state index in [2.05, 4.69) is 39.6 Å². The van der Waals surface area contributed by atoms with Crippen LogP contribution in [0, 0.1) is 0 Å². The summed E-state index contributed by atoms with van der Waals surface area (Å²) in [5, 5.41) is 7.11. The number of aromatic nitrogens is 2. The van der Waals surface area contributed by atoms with Gasteiger partial charge < -0.3 is 15.1 Å². The minimum absolute atomic E-state index is 0.0204. The molecule has 0 unspecified atom stereocenters. The number of para-hydroxylation sites is 1. The van der Waals surface area contributed by atoms with Crippen LogP contribution >= 0.6 is 0 Å². The molecule has 2 heterocycles. The lowest BCUT2D eigenvalue weighted by atomic mass is 10.3. The van der Waals surface area contributed by atoms with Crippen molar-refractivity contribution in [1.29, 1.82) is 0 Å². The summed E-state index contributed by atoms with van der Waals surface area (Å²) in [4.78, 5) is 16.5. The Hall–Kier alpha value is -2.50. The van der Waals surface area contributed by atoms with E-state index in [-0.39, 0.29) is 6.03 Å². The summed E-state index contributed by atoms with van der Waals surface area (Å²) >= 11 is 0. The lowest BCUT2D eigenvalue weighted by Crippen LogP contribution is -2.43. The van der Waals surface area contributed by atoms with Crippen LogP contribution in [0.1, 0.15) is 6.42 Å². The van der Waals surface area contributed by atoms with E-state index in [1.54, 1.807) is 6.20 Å². The average molecular weight is 313 g/mol. The van der Waals surface area contributed by atoms with E-state index in [9.17, 15) is 4.79 Å². The van der Waals surface area contributed by atoms with Gasteiger partial charge in [0.05, 0.1) is 6.54 Å². The highest BCUT2D eigenvalue weighted by Gasteiger charge is 2.18. The molecule has 1 aliphatic heterocycles. The molecule has 122 valence electrons. The van der Waals surface area contributed by atoms with Crippen molar-refractivity contribution >= 4 is 11.7 Å². The van der Waals surface area contributed by atoms with E-state index in [4.69, 9.17) is 0 Å². The minimum Gasteiger partial charge on any atom is -0.370 e. The van der Waals surface area contributed by atoms with E-state index in [1.807, 2.05) is 27.9 Å². The smallest absolute Gasteiger partial charge is 0.317 e. The number of rotatable bonds is 4. The molecule has 0 bridgehead atoms. The third kappa shape index (κ3) is 4.25. The molecule has 1 aliphatic rings. The molecule has 1 saturated heterocycles. The highest BCUT2D eigenvalue weighted by molar-refractivity contribution is 5.74. The van der Waals surface area contributed by atoms with Gasteiger partial charge in [-0.15, -0.1) is 0 Å². The Labute approximate surface area is 136 Å². The normalized spacial score (nSPS) is 15.3. The van der Waals surface area contributed by atoms with Crippen LogP contribution in [0.3, 0.4) is 0 Å². The van der Waals surface area contributed by atoms with Crippen molar-refractivity contribution in [2.24, 2.45) is 0 Å². The van der Waals surface area contributed by atoms with Gasteiger partial charge in [0.2, 0.25) is 0 Å². The topological polar surface area (TPSA) is 53.4 Å². The quantitative estimate of drug-likeness (QED) is 0.936. The highest BCUT2D eigenvalue weighted by Crippen LogP contribution is 2.15. The van der Waals surface area contributed by atoms with Crippen LogP contribution in [-0.4, -0.2) is 53.4 Å². The summed E-state index contributed by atoms with van der Waals surface area (Å²) < 4.78 is 1.82. The van der Waals surface area contributed by atoms with Gasteiger partial charge in [-0.05, 0) is 24.6 Å². The molecule has 1 aromatic heterocycles. The zero-order valence-corrected chi connectivity index (χ0v) is 13.3. The van der Waals surface area contributed by atoms with E-state index >= 15 is 0 Å². The Morgan fingerprint density at radius 3 is 2.74 bits per heavy atom. The lowest BCUT2D eigenvalue weighted by Gasteiger charge is -2.23. The summed E-state index contributed by atoms with van der Waals surface area (Å²) in [6.45, 7) is 4.71. The SMILES string of the molecule is O=C(NCCn1cccn1)N1CCCN(c2ccccc2)CC1. The number of hydrogen-bond acceptors (Lipinski definition) is 3. The molecule has 0 saturated carbocycles. The van der Waals surface area contributed by atoms with Crippen LogP contribution in [0.4, 0.5) is 10.5 Å². The molecule has 0 atom stereocenters. The first-order valence-electron chi connectivity index (χ1n) is 8.13. The number of hydrogen-bond donors (Lipinski definition) is 1. The van der Waals surface area contributed by atoms with Crippen LogP contribution in [0.25, 0.3) is 0 Å². The minimum atomic E-state index is 0.0204. The van der Waals surface area contributed by atoms with Crippen molar-refractivity contribution in [3.63, 3.8) is 0 Å². The number of amides is 2. The number of urea groups is 1. The summed E-state index contributed by atoms with van der Waals surface area (Å²) in [5.74, 6) is 0. The van der Waals surface area contributed by atoms with Gasteiger partial charge in [0.25, 0.3) is 0 Å². The summed E-state index contributed by atoms with van der Waals surface area (Å²) in [6.07, 6.45) is 4.63. The fraction of sp³-hybridized carbons (Fsp3) is 0.412. The fourth-order valence-electron chi connectivity index (χ4n) is 2.84. The predicted molar refractivity (Wildman–Crippen MR) is 90.5 cm³/mol. The molecular formula is C17H23N5O. The first kappa shape index (κ1) is 15.4. The maximum Gasteiger partial charge on any atom is 0.317 e. The number of nitrogens with one attached hydrogen (secondary N) is 1. The first-order chi connectivity index (χ1) is 11.3. The first-order valence-corrected chi connectivity index (χ1v) is 8.13. The lowest BCUT2D eigenvalue weighted by molar-refractivity contribution is 0.201. The molecular weight excluding hydrogens is 290 g/mol. The molecule has 6 heteroatoms. The van der Waals surface area contributed by atoms with Crippen LogP contribution in [0.2, 0.25) is 0 Å². The second-order valence-electron chi connectivity index (χ2n) is 5.66. The molecule has 1 aromatic carbocycles. The molecule has 1 fully saturated rings. The van der Waals surface area contributed by atoms with Gasteiger partial charge in [0.1, 0.15) is 0 Å². The zero-order chi connectivity index (χ0) is 15.9. The molecule has 0 radical (unpaired) electrons. The molecule has 23 heavy (non-hydrogen) atoms. The average Bonchev–Trinajstić information content (AvgIpc) is 2.97. The third-order valence-electron chi connectivity index (χ3n) is 4.08. The van der Waals surface area contributed by atoms with Crippen molar-refractivity contribution in [3.8, 4) is 0 Å². The van der Waals surface area contributed by atoms with Gasteiger partial charge in [-0.2, -0.15) is 5.10 Å². The van der Waals surface area contributed by atoms with Crippen LogP contribution < -0.4 is 10.2 Å². The third-order valence-corrected chi connectivity index (χ3v) is 4.08. The summed E-state index contributed by atoms with van der Waals surface area (Å²) in [5.41, 5.74) is 1.23. The maximum absolute atomic E-state index is 12.3. The van der Waals surface area contributed by atoms with E-state index in [0.717, 1.165) is 32.6 Å². The largest absolute Gasteiger partial charge is 0.370 e. The molecule has 0 spiro atoms. The van der Waals surface area contributed by atoms with Gasteiger partial charge in [0.15, 0.2) is 0 Å². The Morgan fingerprint density at radius 1 is 1.09 bits per heavy atom. The van der Waals surface area contributed by atoms with Crippen molar-refractivity contribution in [1.82, 2.24) is 20.0 Å². The van der Waals surface area contributed by atoms with Crippen molar-refractivity contribution in [2.45, 2.75) is 13.0 Å². The van der Waals surface area contributed by atoms with Gasteiger partial charge in [-0.1, -0.05) is 18.2 Å². The maximum atomic E-state index is 12.3. The van der Waals surface area contributed by atoms with E-state index in [0.29, 0.717) is 13.1 Å². The number of benzene rings is 1. The molecule has 6 nitrogen and oxygen atoms in total. The second-order valence-corrected chi connectivity index (χ2v) is 5.66. The number of anilines is 1. The molecule has 1 N–H and O–H groups in total. The molecule has 0 aliphatic carbocycles. The van der Waals surface area contributed by atoms with Crippen LogP contribution in [0.15, 0.2) is 48.8 Å². The number of carbonyl (C=O) groups excluding carboxylic acids is 1. The second kappa shape index (κ2) is 7.67. The van der Waals surface area contributed by atoms with Gasteiger partial charge in [-0.3, -0.25) is 4.68 Å². The van der Waals surface area contributed by atoms with E-state index in [1.165, 1.54) is 5.69 Å². The Balaban J connectivity index is 1.46.